The summed E-state index contributed by atoms with van der Waals surface area (Å²) in [6.45, 7) is 0. The summed E-state index contributed by atoms with van der Waals surface area (Å²) in [5, 5.41) is 0.160. The lowest BCUT2D eigenvalue weighted by atomic mass is 10.5. The fraction of sp³-hybridized carbons (Fsp3) is 0. The van der Waals surface area contributed by atoms with Crippen molar-refractivity contribution in [2.24, 2.45) is 0 Å². The molecule has 0 saturated heterocycles. The summed E-state index contributed by atoms with van der Waals surface area (Å²) in [7, 11) is 0. The van der Waals surface area contributed by atoms with Gasteiger partial charge in [0.25, 0.3) is 0 Å². The van der Waals surface area contributed by atoms with Crippen molar-refractivity contribution in [3.05, 3.63) is 41.2 Å². The monoisotopic (exact) mass is 227 g/mol. The van der Waals surface area contributed by atoms with Crippen LogP contribution in [0.15, 0.2) is 30.6 Å². The van der Waals surface area contributed by atoms with E-state index >= 15 is 0 Å². The second-order valence-corrected chi connectivity index (χ2v) is 3.13. The van der Waals surface area contributed by atoms with Crippen molar-refractivity contribution in [3.63, 3.8) is 0 Å². The number of nitrogens with zero attached hydrogens (tertiary/aromatic N) is 4. The maximum absolute atomic E-state index is 5.64. The predicted octanol–water partition coefficient (Wildman–Crippen LogP) is 1.46. The van der Waals surface area contributed by atoms with Crippen LogP contribution in [0.4, 0.5) is 0 Å². The second kappa shape index (κ2) is 3.86. The minimum Gasteiger partial charge on any atom is -0.206 e. The van der Waals surface area contributed by atoms with Gasteiger partial charge in [-0.1, -0.05) is 6.07 Å². The summed E-state index contributed by atoms with van der Waals surface area (Å²) in [5.74, 6) is 0.399. The summed E-state index contributed by atoms with van der Waals surface area (Å²) in [6.07, 6.45) is 3.59. The smallest absolute Gasteiger partial charge is 0.206 e. The molecular weight excluding hydrogens is 223 g/mol. The van der Waals surface area contributed by atoms with E-state index in [9.17, 15) is 0 Å². The van der Waals surface area contributed by atoms with E-state index in [4.69, 9.17) is 23.2 Å². The lowest BCUT2D eigenvalue weighted by Gasteiger charge is -1.93. The highest BCUT2D eigenvalue weighted by molar-refractivity contribution is 6.31. The fourth-order valence-electron chi connectivity index (χ4n) is 0.964. The maximum Gasteiger partial charge on any atom is 0.443 e. The van der Waals surface area contributed by atoms with Crippen molar-refractivity contribution in [2.75, 3.05) is 0 Å². The van der Waals surface area contributed by atoms with E-state index in [1.807, 2.05) is 18.2 Å². The van der Waals surface area contributed by atoms with Crippen LogP contribution in [0.1, 0.15) is 0 Å². The third-order valence-electron chi connectivity index (χ3n) is 1.52. The third-order valence-corrected chi connectivity index (χ3v) is 1.85. The first-order valence-corrected chi connectivity index (χ1v) is 4.55. The van der Waals surface area contributed by atoms with Gasteiger partial charge in [-0.15, -0.1) is 0 Å². The van der Waals surface area contributed by atoms with Crippen LogP contribution >= 0.6 is 23.2 Å². The molecule has 0 amide bonds. The van der Waals surface area contributed by atoms with E-state index in [1.54, 1.807) is 17.0 Å². The van der Waals surface area contributed by atoms with Gasteiger partial charge in [-0.3, -0.25) is 0 Å². The Morgan fingerprint density at radius 2 is 1.43 bits per heavy atom. The zero-order chi connectivity index (χ0) is 9.97. The second-order valence-electron chi connectivity index (χ2n) is 2.46. The number of halogens is 2. The van der Waals surface area contributed by atoms with Crippen molar-refractivity contribution in [1.29, 1.82) is 0 Å². The molecule has 0 fully saturated rings. The lowest BCUT2D eigenvalue weighted by Crippen LogP contribution is -2.32. The molecule has 0 aliphatic rings. The molecule has 0 unspecified atom stereocenters. The van der Waals surface area contributed by atoms with Crippen LogP contribution in [0.25, 0.3) is 5.95 Å². The van der Waals surface area contributed by atoms with E-state index in [0.717, 1.165) is 0 Å². The topological polar surface area (TPSA) is 42.5 Å². The Kier molecular flexibility index (Phi) is 2.56. The molecule has 2 aromatic heterocycles. The predicted molar refractivity (Wildman–Crippen MR) is 51.4 cm³/mol. The zero-order valence-corrected chi connectivity index (χ0v) is 8.44. The molecule has 70 valence electrons. The van der Waals surface area contributed by atoms with Crippen LogP contribution in [0, 0.1) is 0 Å². The van der Waals surface area contributed by atoms with Gasteiger partial charge in [0, 0.05) is 0 Å². The minimum atomic E-state index is 0.0800. The molecule has 0 N–H and O–H groups in total. The van der Waals surface area contributed by atoms with Gasteiger partial charge < -0.3 is 0 Å². The van der Waals surface area contributed by atoms with E-state index in [-0.39, 0.29) is 10.6 Å². The van der Waals surface area contributed by atoms with Crippen molar-refractivity contribution < 1.29 is 4.57 Å². The average Bonchev–Trinajstić information content (AvgIpc) is 2.18. The standard InChI is InChI=1S/C8H5Cl2N4/c9-6-11-7(10)13-8(12-6)14-4-2-1-3-5-14/h1-5H/q+1. The van der Waals surface area contributed by atoms with Crippen LogP contribution in [-0.2, 0) is 0 Å². The average molecular weight is 228 g/mol. The molecule has 2 aromatic rings. The molecule has 2 heterocycles. The maximum atomic E-state index is 5.64. The molecule has 0 radical (unpaired) electrons. The first-order valence-electron chi connectivity index (χ1n) is 3.79. The van der Waals surface area contributed by atoms with Gasteiger partial charge in [0.15, 0.2) is 0 Å². The van der Waals surface area contributed by atoms with E-state index < -0.39 is 0 Å². The summed E-state index contributed by atoms with van der Waals surface area (Å²) in [4.78, 5) is 11.5. The Hall–Kier alpha value is -1.26. The summed E-state index contributed by atoms with van der Waals surface area (Å²) < 4.78 is 1.69. The highest BCUT2D eigenvalue weighted by Crippen LogP contribution is 2.05. The Bertz CT molecular complexity index is 426. The molecule has 14 heavy (non-hydrogen) atoms. The minimum absolute atomic E-state index is 0.0800. The molecule has 0 bridgehead atoms. The summed E-state index contributed by atoms with van der Waals surface area (Å²) in [6, 6.07) is 5.60. The highest BCUT2D eigenvalue weighted by Gasteiger charge is 2.14. The van der Waals surface area contributed by atoms with Crippen LogP contribution in [0.5, 0.6) is 0 Å². The summed E-state index contributed by atoms with van der Waals surface area (Å²) >= 11 is 11.3. The molecule has 2 rings (SSSR count). The van der Waals surface area contributed by atoms with Gasteiger partial charge in [-0.05, 0) is 45.3 Å². The van der Waals surface area contributed by atoms with Gasteiger partial charge in [-0.25, -0.2) is 4.57 Å². The van der Waals surface area contributed by atoms with Gasteiger partial charge in [0.2, 0.25) is 0 Å². The van der Waals surface area contributed by atoms with Crippen LogP contribution in [0.3, 0.4) is 0 Å². The molecule has 0 aromatic carbocycles. The van der Waals surface area contributed by atoms with Crippen LogP contribution in [-0.4, -0.2) is 15.0 Å². The molecule has 0 spiro atoms. The van der Waals surface area contributed by atoms with Crippen molar-refractivity contribution >= 4 is 23.2 Å². The Morgan fingerprint density at radius 3 is 2.00 bits per heavy atom. The number of pyridine rings is 1. The first-order chi connectivity index (χ1) is 6.75. The number of rotatable bonds is 1. The SMILES string of the molecule is Clc1nc(Cl)nc(-[n+]2ccccc2)n1. The first kappa shape index (κ1) is 9.30. The Morgan fingerprint density at radius 1 is 0.857 bits per heavy atom. The molecule has 0 saturated carbocycles. The summed E-state index contributed by atoms with van der Waals surface area (Å²) in [5.41, 5.74) is 0. The van der Waals surface area contributed by atoms with E-state index in [2.05, 4.69) is 15.0 Å². The van der Waals surface area contributed by atoms with Gasteiger partial charge in [0.1, 0.15) is 0 Å². The molecule has 0 aliphatic carbocycles. The van der Waals surface area contributed by atoms with Crippen molar-refractivity contribution in [3.8, 4) is 5.95 Å². The molecular formula is C8H5Cl2N4+. The van der Waals surface area contributed by atoms with Crippen molar-refractivity contribution in [1.82, 2.24) is 15.0 Å². The van der Waals surface area contributed by atoms with E-state index in [1.165, 1.54) is 0 Å². The number of hydrogen-bond acceptors (Lipinski definition) is 3. The van der Waals surface area contributed by atoms with Gasteiger partial charge >= 0.3 is 16.5 Å². The molecule has 6 heteroatoms. The van der Waals surface area contributed by atoms with Crippen LogP contribution < -0.4 is 4.57 Å². The Balaban J connectivity index is 2.52. The lowest BCUT2D eigenvalue weighted by molar-refractivity contribution is -0.603. The molecule has 4 nitrogen and oxygen atoms in total. The van der Waals surface area contributed by atoms with Crippen LogP contribution in [0.2, 0.25) is 10.6 Å². The normalized spacial score (nSPS) is 10.1. The quantitative estimate of drug-likeness (QED) is 0.694. The third kappa shape index (κ3) is 1.97. The zero-order valence-electron chi connectivity index (χ0n) is 6.93. The molecule has 0 aliphatic heterocycles. The van der Waals surface area contributed by atoms with Gasteiger partial charge in [-0.2, -0.15) is 4.98 Å². The number of hydrogen-bond donors (Lipinski definition) is 0. The number of aromatic nitrogens is 4. The molecule has 0 atom stereocenters. The Labute approximate surface area is 90.2 Å². The largest absolute Gasteiger partial charge is 0.443 e. The fourth-order valence-corrected chi connectivity index (χ4v) is 1.32. The highest BCUT2D eigenvalue weighted by atomic mass is 35.5. The van der Waals surface area contributed by atoms with Crippen molar-refractivity contribution in [2.45, 2.75) is 0 Å². The van der Waals surface area contributed by atoms with Gasteiger partial charge in [0.05, 0.1) is 12.4 Å². The van der Waals surface area contributed by atoms with E-state index in [0.29, 0.717) is 5.95 Å².